The Balaban J connectivity index is 3.52. The summed E-state index contributed by atoms with van der Waals surface area (Å²) in [5.41, 5.74) is 55.1. The Morgan fingerprint density at radius 2 is 0.805 bits per heavy atom. The van der Waals surface area contributed by atoms with E-state index in [9.17, 15) is 68.1 Å². The minimum Gasteiger partial charge on any atom is -0.481 e. The summed E-state index contributed by atoms with van der Waals surface area (Å²) in [5.74, 6) is -11.9. The van der Waals surface area contributed by atoms with Crippen LogP contribution in [0, 0.1) is 0 Å². The quantitative estimate of drug-likeness (QED) is 0.0153. The van der Waals surface area contributed by atoms with E-state index in [0.717, 1.165) is 0 Å². The minimum absolute atomic E-state index is 0.0116. The van der Waals surface area contributed by atoms with Gasteiger partial charge in [-0.2, -0.15) is 0 Å². The number of carbonyl (C=O) groups excluding carboxylic acids is 9. The van der Waals surface area contributed by atoms with E-state index in [0.29, 0.717) is 19.3 Å². The molecule has 87 heavy (non-hydrogen) atoms. The first-order valence-corrected chi connectivity index (χ1v) is 28.4. The molecule has 1 rings (SSSR count). The van der Waals surface area contributed by atoms with Crippen molar-refractivity contribution in [3.05, 3.63) is 0 Å². The Labute approximate surface area is 503 Å². The van der Waals surface area contributed by atoms with Gasteiger partial charge in [0.1, 0.15) is 60.4 Å². The van der Waals surface area contributed by atoms with Gasteiger partial charge in [-0.25, -0.2) is 4.79 Å². The highest BCUT2D eigenvalue weighted by molar-refractivity contribution is 5.98. The summed E-state index contributed by atoms with van der Waals surface area (Å²) >= 11 is 0. The molecule has 37 heteroatoms. The molecular weight excluding hydrogens is 1150 g/mol. The van der Waals surface area contributed by atoms with Crippen molar-refractivity contribution in [1.82, 2.24) is 47.4 Å². The SMILES string of the molecule is C[C@H](NC(=O)[C@H](C)NC(=O)[C@H](CCCN=C(N)N)NC(=O)[C@H](CCCN=C(N)N)NC(=O)[C@H](CCC(=O)O)NC(=O)[C@H](CCCN=C(N)N)NC(=O)[C@@H]1CCCN1C(=O)[C@@H](N)[C@@H](C)O)C(=O)N[C@@H](CCCCN)C(=O)N[C@@H](CCCN=C(N)N)C(=O)O. The normalized spacial score (nSPS) is 16.1. The van der Waals surface area contributed by atoms with Crippen LogP contribution >= 0.6 is 0 Å². The first kappa shape index (κ1) is 76.1. The molecule has 0 saturated carbocycles. The molecule has 0 unspecified atom stereocenters. The second kappa shape index (κ2) is 40.4. The predicted octanol–water partition coefficient (Wildman–Crippen LogP) is -9.10. The lowest BCUT2D eigenvalue weighted by Gasteiger charge is -2.29. The smallest absolute Gasteiger partial charge is 0.326 e. The molecular formula is C50H93N23O14. The Morgan fingerprint density at radius 1 is 0.471 bits per heavy atom. The van der Waals surface area contributed by atoms with Crippen LogP contribution in [-0.2, 0) is 52.7 Å². The molecule has 37 nitrogen and oxygen atoms in total. The third-order valence-electron chi connectivity index (χ3n) is 13.3. The number of aliphatic imine (C=N–C) groups is 4. The van der Waals surface area contributed by atoms with E-state index in [1.165, 1.54) is 25.7 Å². The first-order chi connectivity index (χ1) is 40.9. The van der Waals surface area contributed by atoms with Crippen LogP contribution < -0.4 is 99.9 Å². The number of aliphatic hydroxyl groups excluding tert-OH is 1. The molecule has 1 heterocycles. The second-order valence-corrected chi connectivity index (χ2v) is 20.6. The maximum absolute atomic E-state index is 14.3. The molecule has 0 aromatic carbocycles. The van der Waals surface area contributed by atoms with Crippen molar-refractivity contribution in [2.75, 3.05) is 39.3 Å². The summed E-state index contributed by atoms with van der Waals surface area (Å²) in [7, 11) is 0. The van der Waals surface area contributed by atoms with Crippen LogP contribution in [0.15, 0.2) is 20.0 Å². The van der Waals surface area contributed by atoms with Crippen LogP contribution in [0.3, 0.4) is 0 Å². The largest absolute Gasteiger partial charge is 0.481 e. The maximum Gasteiger partial charge on any atom is 0.326 e. The first-order valence-electron chi connectivity index (χ1n) is 28.4. The van der Waals surface area contributed by atoms with E-state index < -0.39 is 144 Å². The Bertz CT molecular complexity index is 2430. The van der Waals surface area contributed by atoms with Crippen molar-refractivity contribution in [3.63, 3.8) is 0 Å². The van der Waals surface area contributed by atoms with Crippen molar-refractivity contribution in [1.29, 1.82) is 0 Å². The Kier molecular flexibility index (Phi) is 35.4. The van der Waals surface area contributed by atoms with Crippen molar-refractivity contribution < 1.29 is 68.1 Å². The van der Waals surface area contributed by atoms with Crippen LogP contribution in [0.2, 0.25) is 0 Å². The lowest BCUT2D eigenvalue weighted by molar-refractivity contribution is -0.142. The summed E-state index contributed by atoms with van der Waals surface area (Å²) in [6.07, 6.45) is -1.35. The number of rotatable bonds is 42. The molecule has 0 radical (unpaired) electrons. The van der Waals surface area contributed by atoms with E-state index in [2.05, 4.69) is 62.5 Å². The fourth-order valence-corrected chi connectivity index (χ4v) is 8.51. The average Bonchev–Trinajstić information content (AvgIpc) is 2.89. The number of hydrogen-bond donors (Lipinski definition) is 21. The van der Waals surface area contributed by atoms with Crippen LogP contribution in [-0.4, -0.2) is 215 Å². The number of carboxylic acids is 2. The van der Waals surface area contributed by atoms with Gasteiger partial charge in [0.2, 0.25) is 53.2 Å². The number of nitrogens with two attached hydrogens (primary N) is 10. The molecule has 31 N–H and O–H groups in total. The topological polar surface area (TPSA) is 658 Å². The van der Waals surface area contributed by atoms with E-state index >= 15 is 0 Å². The highest BCUT2D eigenvalue weighted by atomic mass is 16.4. The molecule has 0 aromatic heterocycles. The molecule has 0 spiro atoms. The standard InChI is InChI=1S/C50H93N23O14/c1-25(37(77)65-26(2)38(78)67-28(11-4-5-19-51)42(82)72-33(46(86)87)15-9-23-64-50(59)60)66-39(79)29(12-6-20-61-47(53)54)68-40(80)30(13-7-21-62-48(55)56)69-43(83)32(17-18-35(75)76)70-41(81)31(14-8-22-63-49(57)58)71-44(84)34-16-10-24-73(34)45(85)36(52)27(3)74/h25-34,36,74H,4-24,51-52H2,1-3H3,(H,65,77)(H,66,79)(H,67,78)(H,68,80)(H,69,83)(H,70,81)(H,71,84)(H,72,82)(H,75,76)(H,86,87)(H4,53,54,61)(H4,55,56,62)(H4,57,58,63)(H4,59,60,64)/t25-,26-,27+,28-,29-,30-,31-,32-,33-,34-,36-/m0/s1. The molecule has 9 amide bonds. The number of carboxylic acid groups (broad SMARTS) is 2. The van der Waals surface area contributed by atoms with Gasteiger partial charge >= 0.3 is 11.9 Å². The monoisotopic (exact) mass is 1240 g/mol. The summed E-state index contributed by atoms with van der Waals surface area (Å²) in [6.45, 7) is 4.20. The zero-order chi connectivity index (χ0) is 65.9. The van der Waals surface area contributed by atoms with E-state index in [1.807, 2.05) is 0 Å². The molecule has 0 aromatic rings. The molecule has 1 fully saturated rings. The van der Waals surface area contributed by atoms with Gasteiger partial charge in [0.05, 0.1) is 6.10 Å². The molecule has 492 valence electrons. The predicted molar refractivity (Wildman–Crippen MR) is 318 cm³/mol. The van der Waals surface area contributed by atoms with E-state index in [-0.39, 0.29) is 127 Å². The minimum atomic E-state index is -1.70. The number of aliphatic hydroxyl groups is 1. The number of unbranched alkanes of at least 4 members (excludes halogenated alkanes) is 1. The van der Waals surface area contributed by atoms with Crippen molar-refractivity contribution in [3.8, 4) is 0 Å². The zero-order valence-corrected chi connectivity index (χ0v) is 49.5. The number of aliphatic carboxylic acids is 2. The maximum atomic E-state index is 14.3. The average molecular weight is 1240 g/mol. The highest BCUT2D eigenvalue weighted by Crippen LogP contribution is 2.20. The zero-order valence-electron chi connectivity index (χ0n) is 49.5. The van der Waals surface area contributed by atoms with Gasteiger partial charge in [-0.1, -0.05) is 0 Å². The van der Waals surface area contributed by atoms with Crippen LogP contribution in [0.1, 0.15) is 117 Å². The van der Waals surface area contributed by atoms with Crippen LogP contribution in [0.5, 0.6) is 0 Å². The number of nitrogens with one attached hydrogen (secondary N) is 8. The van der Waals surface area contributed by atoms with Gasteiger partial charge in [0.25, 0.3) is 0 Å². The van der Waals surface area contributed by atoms with E-state index in [1.54, 1.807) is 0 Å². The van der Waals surface area contributed by atoms with Gasteiger partial charge in [-0.05, 0) is 117 Å². The number of guanidine groups is 4. The number of nitrogens with zero attached hydrogens (tertiary/aromatic N) is 5. The number of carbonyl (C=O) groups is 11. The Hall–Kier alpha value is -8.87. The van der Waals surface area contributed by atoms with Gasteiger partial charge in [-0.15, -0.1) is 0 Å². The number of hydrogen-bond acceptors (Lipinski definition) is 18. The summed E-state index contributed by atoms with van der Waals surface area (Å²) in [5, 5.41) is 49.4. The molecule has 1 aliphatic heterocycles. The number of amides is 9. The Morgan fingerprint density at radius 3 is 1.18 bits per heavy atom. The molecule has 0 aliphatic carbocycles. The lowest BCUT2D eigenvalue weighted by atomic mass is 10.0. The summed E-state index contributed by atoms with van der Waals surface area (Å²) < 4.78 is 0. The third kappa shape index (κ3) is 30.7. The van der Waals surface area contributed by atoms with Gasteiger partial charge in [0.15, 0.2) is 23.8 Å². The lowest BCUT2D eigenvalue weighted by Crippen LogP contribution is -2.60. The van der Waals surface area contributed by atoms with Crippen molar-refractivity contribution >= 4 is 88.9 Å². The fourth-order valence-electron chi connectivity index (χ4n) is 8.51. The van der Waals surface area contributed by atoms with Gasteiger partial charge in [0, 0.05) is 39.1 Å². The fraction of sp³-hybridized carbons (Fsp3) is 0.700. The van der Waals surface area contributed by atoms with Gasteiger partial charge in [-0.3, -0.25) is 67.9 Å². The highest BCUT2D eigenvalue weighted by Gasteiger charge is 2.40. The molecule has 11 atom stereocenters. The number of likely N-dealkylation sites (tertiary alicyclic amines) is 1. The molecule has 1 aliphatic rings. The molecule has 1 saturated heterocycles. The van der Waals surface area contributed by atoms with Crippen molar-refractivity contribution in [2.24, 2.45) is 77.3 Å². The van der Waals surface area contributed by atoms with E-state index in [4.69, 9.17) is 57.3 Å². The third-order valence-corrected chi connectivity index (χ3v) is 13.3. The van der Waals surface area contributed by atoms with Crippen LogP contribution in [0.25, 0.3) is 0 Å². The van der Waals surface area contributed by atoms with Crippen LogP contribution in [0.4, 0.5) is 0 Å². The van der Waals surface area contributed by atoms with Gasteiger partial charge < -0.3 is 120 Å². The molecule has 0 bridgehead atoms. The summed E-state index contributed by atoms with van der Waals surface area (Å²) in [4.78, 5) is 165. The summed E-state index contributed by atoms with van der Waals surface area (Å²) in [6, 6.07) is -14.0. The second-order valence-electron chi connectivity index (χ2n) is 20.6. The van der Waals surface area contributed by atoms with Crippen molar-refractivity contribution in [2.45, 2.75) is 184 Å².